The van der Waals surface area contributed by atoms with E-state index in [2.05, 4.69) is 31.2 Å². The highest BCUT2D eigenvalue weighted by molar-refractivity contribution is 6.31. The molecule has 0 saturated carbocycles. The summed E-state index contributed by atoms with van der Waals surface area (Å²) in [5, 5.41) is 12.1. The van der Waals surface area contributed by atoms with Crippen molar-refractivity contribution in [2.24, 2.45) is 5.41 Å². The first-order chi connectivity index (χ1) is 21.8. The lowest BCUT2D eigenvalue weighted by Crippen LogP contribution is -2.59. The summed E-state index contributed by atoms with van der Waals surface area (Å²) in [6, 6.07) is 5.72. The number of nitrogens with one attached hydrogen (secondary N) is 4. The Kier molecular flexibility index (Phi) is 11.4. The Morgan fingerprint density at radius 2 is 1.91 bits per heavy atom. The normalized spacial score (nSPS) is 16.2. The van der Waals surface area contributed by atoms with Crippen molar-refractivity contribution >= 4 is 57.4 Å². The highest BCUT2D eigenvalue weighted by Gasteiger charge is 2.42. The quantitative estimate of drug-likeness (QED) is 0.210. The lowest BCUT2D eigenvalue weighted by Gasteiger charge is -2.36. The molecule has 4 N–H and O–H groups in total. The van der Waals surface area contributed by atoms with E-state index < -0.39 is 35.3 Å². The zero-order chi connectivity index (χ0) is 33.6. The van der Waals surface area contributed by atoms with Gasteiger partial charge in [0.05, 0.1) is 34.6 Å². The molecular formula is C32H41ClFN7O5. The molecule has 0 bridgehead atoms. The van der Waals surface area contributed by atoms with Gasteiger partial charge in [-0.2, -0.15) is 0 Å². The van der Waals surface area contributed by atoms with E-state index >= 15 is 0 Å². The molecule has 1 fully saturated rings. The molecule has 1 unspecified atom stereocenters. The number of ether oxygens (including phenoxy) is 2. The number of likely N-dealkylation sites (tertiary alicyclic amines) is 1. The summed E-state index contributed by atoms with van der Waals surface area (Å²) in [6.07, 6.45) is 2.38. The fourth-order valence-corrected chi connectivity index (χ4v) is 5.27. The summed E-state index contributed by atoms with van der Waals surface area (Å²) in [5.41, 5.74) is 0.280. The van der Waals surface area contributed by atoms with Gasteiger partial charge in [0.1, 0.15) is 36.6 Å². The van der Waals surface area contributed by atoms with Gasteiger partial charge in [-0.1, -0.05) is 38.4 Å². The summed E-state index contributed by atoms with van der Waals surface area (Å²) >= 11 is 5.97. The smallest absolute Gasteiger partial charge is 0.247 e. The predicted molar refractivity (Wildman–Crippen MR) is 175 cm³/mol. The Morgan fingerprint density at radius 3 is 2.61 bits per heavy atom. The monoisotopic (exact) mass is 657 g/mol. The highest BCUT2D eigenvalue weighted by Crippen LogP contribution is 2.35. The summed E-state index contributed by atoms with van der Waals surface area (Å²) in [7, 11) is 3.21. The van der Waals surface area contributed by atoms with Crippen LogP contribution >= 0.6 is 11.6 Å². The number of anilines is 3. The number of likely N-dealkylation sites (N-methyl/N-ethyl adjacent to an activating group) is 1. The molecule has 12 nitrogen and oxygen atoms in total. The molecule has 248 valence electrons. The van der Waals surface area contributed by atoms with E-state index in [-0.39, 0.29) is 34.9 Å². The van der Waals surface area contributed by atoms with E-state index in [1.165, 1.54) is 23.4 Å². The van der Waals surface area contributed by atoms with Gasteiger partial charge in [-0.3, -0.25) is 14.4 Å². The van der Waals surface area contributed by atoms with Crippen molar-refractivity contribution in [2.75, 3.05) is 44.5 Å². The van der Waals surface area contributed by atoms with E-state index in [9.17, 15) is 18.8 Å². The molecule has 14 heteroatoms. The Morgan fingerprint density at radius 1 is 1.15 bits per heavy atom. The number of halogens is 2. The van der Waals surface area contributed by atoms with Crippen LogP contribution in [0.25, 0.3) is 10.9 Å². The molecule has 1 aliphatic rings. The Labute approximate surface area is 272 Å². The maximum absolute atomic E-state index is 14.7. The van der Waals surface area contributed by atoms with Crippen LogP contribution in [0.1, 0.15) is 40.5 Å². The van der Waals surface area contributed by atoms with Crippen LogP contribution in [0.15, 0.2) is 36.7 Å². The molecule has 4 rings (SSSR count). The molecule has 2 aromatic carbocycles. The molecule has 1 saturated heterocycles. The van der Waals surface area contributed by atoms with Crippen molar-refractivity contribution in [3.8, 4) is 5.75 Å². The summed E-state index contributed by atoms with van der Waals surface area (Å²) in [6.45, 7) is 8.17. The van der Waals surface area contributed by atoms with E-state index in [0.29, 0.717) is 48.3 Å². The highest BCUT2D eigenvalue weighted by atomic mass is 35.5. The van der Waals surface area contributed by atoms with Crippen LogP contribution in [-0.2, 0) is 19.1 Å². The molecule has 1 aliphatic heterocycles. The second-order valence-corrected chi connectivity index (χ2v) is 12.6. The van der Waals surface area contributed by atoms with Crippen LogP contribution in [0, 0.1) is 11.2 Å². The number of rotatable bonds is 12. The van der Waals surface area contributed by atoms with E-state index in [4.69, 9.17) is 21.1 Å². The minimum absolute atomic E-state index is 0.0504. The van der Waals surface area contributed by atoms with Gasteiger partial charge in [-0.05, 0) is 50.4 Å². The third-order valence-electron chi connectivity index (χ3n) is 7.81. The molecule has 1 aromatic heterocycles. The first kappa shape index (κ1) is 34.8. The fourth-order valence-electron chi connectivity index (χ4n) is 5.10. The minimum Gasteiger partial charge on any atom is -0.489 e. The van der Waals surface area contributed by atoms with Crippen LogP contribution in [0.5, 0.6) is 5.75 Å². The largest absolute Gasteiger partial charge is 0.489 e. The molecule has 0 radical (unpaired) electrons. The van der Waals surface area contributed by atoms with Gasteiger partial charge >= 0.3 is 0 Å². The van der Waals surface area contributed by atoms with Crippen LogP contribution in [-0.4, -0.2) is 84.6 Å². The van der Waals surface area contributed by atoms with E-state index in [1.807, 2.05) is 20.8 Å². The maximum atomic E-state index is 14.7. The number of benzene rings is 2. The van der Waals surface area contributed by atoms with Crippen molar-refractivity contribution in [1.82, 2.24) is 25.5 Å². The van der Waals surface area contributed by atoms with Crippen molar-refractivity contribution < 1.29 is 28.2 Å². The van der Waals surface area contributed by atoms with Gasteiger partial charge in [0.2, 0.25) is 17.7 Å². The van der Waals surface area contributed by atoms with Crippen LogP contribution in [0.3, 0.4) is 0 Å². The summed E-state index contributed by atoms with van der Waals surface area (Å²) in [5.74, 6) is -1.10. The van der Waals surface area contributed by atoms with Crippen molar-refractivity contribution in [3.63, 3.8) is 0 Å². The lowest BCUT2D eigenvalue weighted by molar-refractivity contribution is -0.143. The number of carbonyl (C=O) groups excluding carboxylic acids is 3. The SMILES string of the molecule is CN[C@@H](C)C(=O)N[C@H](C(=O)N1CCCC1C(=O)Nc1cc2c(Nc3cccc(Cl)c3F)ncnc2cc1OCCOC)C(C)(C)C. The molecule has 3 atom stereocenters. The number of hydrogen-bond acceptors (Lipinski definition) is 9. The molecular weight excluding hydrogens is 617 g/mol. The summed E-state index contributed by atoms with van der Waals surface area (Å²) < 4.78 is 25.8. The zero-order valence-corrected chi connectivity index (χ0v) is 27.6. The third kappa shape index (κ3) is 8.01. The van der Waals surface area contributed by atoms with Gasteiger partial charge in [0.15, 0.2) is 5.82 Å². The fraction of sp³-hybridized carbons (Fsp3) is 0.469. The van der Waals surface area contributed by atoms with Crippen LogP contribution in [0.4, 0.5) is 21.6 Å². The van der Waals surface area contributed by atoms with Crippen LogP contribution in [0.2, 0.25) is 5.02 Å². The van der Waals surface area contributed by atoms with Gasteiger partial charge in [0, 0.05) is 25.1 Å². The molecule has 46 heavy (non-hydrogen) atoms. The number of hydrogen-bond donors (Lipinski definition) is 4. The molecule has 3 amide bonds. The molecule has 0 spiro atoms. The number of fused-ring (bicyclic) bond motifs is 1. The number of carbonyl (C=O) groups is 3. The zero-order valence-electron chi connectivity index (χ0n) is 26.9. The van der Waals surface area contributed by atoms with E-state index in [1.54, 1.807) is 39.3 Å². The van der Waals surface area contributed by atoms with Gasteiger partial charge in [-0.15, -0.1) is 0 Å². The average Bonchev–Trinajstić information content (AvgIpc) is 3.52. The van der Waals surface area contributed by atoms with Gasteiger partial charge in [0.25, 0.3) is 0 Å². The van der Waals surface area contributed by atoms with Crippen molar-refractivity contribution in [3.05, 3.63) is 47.5 Å². The number of amides is 3. The number of methoxy groups -OCH3 is 1. The molecule has 3 aromatic rings. The molecule has 0 aliphatic carbocycles. The minimum atomic E-state index is -0.851. The van der Waals surface area contributed by atoms with Crippen molar-refractivity contribution in [1.29, 1.82) is 0 Å². The predicted octanol–water partition coefficient (Wildman–Crippen LogP) is 4.26. The topological polar surface area (TPSA) is 147 Å². The van der Waals surface area contributed by atoms with Gasteiger partial charge < -0.3 is 35.6 Å². The Hall–Kier alpha value is -4.07. The average molecular weight is 658 g/mol. The number of aromatic nitrogens is 2. The summed E-state index contributed by atoms with van der Waals surface area (Å²) in [4.78, 5) is 50.7. The lowest BCUT2D eigenvalue weighted by atomic mass is 9.85. The second-order valence-electron chi connectivity index (χ2n) is 12.2. The molecule has 2 heterocycles. The maximum Gasteiger partial charge on any atom is 0.247 e. The second kappa shape index (κ2) is 15.0. The number of nitrogens with zero attached hydrogens (tertiary/aromatic N) is 3. The van der Waals surface area contributed by atoms with Gasteiger partial charge in [-0.25, -0.2) is 14.4 Å². The standard InChI is InChI=1S/C32H41ClFN7O5/c1-18(35-5)29(42)40-27(32(2,3)4)31(44)41-12-8-11-24(41)30(43)39-23-15-19-22(16-25(23)46-14-13-45-6)36-17-37-28(19)38-21-10-7-9-20(33)26(21)34/h7,9-10,15-18,24,27,35H,8,11-14H2,1-6H3,(H,39,43)(H,40,42)(H,36,37,38)/t18-,24?,27+/m0/s1. The Balaban J connectivity index is 1.65. The van der Waals surface area contributed by atoms with Crippen LogP contribution < -0.4 is 26.0 Å². The van der Waals surface area contributed by atoms with Crippen molar-refractivity contribution in [2.45, 2.75) is 58.7 Å². The third-order valence-corrected chi connectivity index (χ3v) is 8.10. The Bertz CT molecular complexity index is 1580. The first-order valence-corrected chi connectivity index (χ1v) is 15.4. The first-order valence-electron chi connectivity index (χ1n) is 15.1. The van der Waals surface area contributed by atoms with E-state index in [0.717, 1.165) is 0 Å².